The van der Waals surface area contributed by atoms with Crippen molar-refractivity contribution in [3.63, 3.8) is 0 Å². The predicted octanol–water partition coefficient (Wildman–Crippen LogP) is 1.74. The fourth-order valence-corrected chi connectivity index (χ4v) is 4.73. The molecule has 0 saturated heterocycles. The molecule has 3 N–H and O–H groups in total. The Morgan fingerprint density at radius 1 is 1.55 bits per heavy atom. The molecular weight excluding hydrogens is 298 g/mol. The Hall–Kier alpha value is -0.860. The van der Waals surface area contributed by atoms with Crippen LogP contribution in [0.4, 0.5) is 10.8 Å². The highest BCUT2D eigenvalue weighted by Gasteiger charge is 2.49. The van der Waals surface area contributed by atoms with Gasteiger partial charge in [-0.15, -0.1) is 0 Å². The van der Waals surface area contributed by atoms with Gasteiger partial charge in [0.05, 0.1) is 11.9 Å². The Morgan fingerprint density at radius 3 is 2.70 bits per heavy atom. The molecule has 20 heavy (non-hydrogen) atoms. The molecule has 6 nitrogen and oxygen atoms in total. The SMILES string of the molecule is CCS(=O)(=O)c1c(N)nsc1NC1CC(OC)C1(C)C. The van der Waals surface area contributed by atoms with Crippen molar-refractivity contribution in [3.05, 3.63) is 0 Å². The van der Waals surface area contributed by atoms with E-state index >= 15 is 0 Å². The van der Waals surface area contributed by atoms with Crippen LogP contribution in [0.5, 0.6) is 0 Å². The summed E-state index contributed by atoms with van der Waals surface area (Å²) < 4.78 is 33.6. The lowest BCUT2D eigenvalue weighted by Crippen LogP contribution is -2.57. The van der Waals surface area contributed by atoms with Gasteiger partial charge in [-0.2, -0.15) is 4.37 Å². The first-order valence-electron chi connectivity index (χ1n) is 6.51. The van der Waals surface area contributed by atoms with Gasteiger partial charge in [-0.25, -0.2) is 8.42 Å². The van der Waals surface area contributed by atoms with E-state index in [0.717, 1.165) is 18.0 Å². The molecule has 1 saturated carbocycles. The summed E-state index contributed by atoms with van der Waals surface area (Å²) in [6, 6.07) is 0.151. The minimum atomic E-state index is -3.37. The average Bonchev–Trinajstić information content (AvgIpc) is 2.75. The van der Waals surface area contributed by atoms with Crippen molar-refractivity contribution >= 4 is 32.2 Å². The Balaban J connectivity index is 2.25. The molecule has 0 amide bonds. The van der Waals surface area contributed by atoms with Gasteiger partial charge in [0, 0.05) is 18.6 Å². The minimum Gasteiger partial charge on any atom is -0.382 e. The fraction of sp³-hybridized carbons (Fsp3) is 0.750. The third-order valence-electron chi connectivity index (χ3n) is 4.13. The maximum Gasteiger partial charge on any atom is 0.184 e. The Bertz CT molecular complexity index is 595. The van der Waals surface area contributed by atoms with E-state index in [1.54, 1.807) is 14.0 Å². The summed E-state index contributed by atoms with van der Waals surface area (Å²) >= 11 is 1.10. The van der Waals surface area contributed by atoms with Crippen LogP contribution in [0, 0.1) is 5.41 Å². The van der Waals surface area contributed by atoms with Crippen LogP contribution < -0.4 is 11.1 Å². The van der Waals surface area contributed by atoms with E-state index in [2.05, 4.69) is 23.5 Å². The molecule has 0 spiro atoms. The zero-order valence-electron chi connectivity index (χ0n) is 12.1. The smallest absolute Gasteiger partial charge is 0.184 e. The van der Waals surface area contributed by atoms with Crippen LogP contribution in [0.1, 0.15) is 27.2 Å². The molecule has 2 rings (SSSR count). The van der Waals surface area contributed by atoms with Gasteiger partial charge in [0.25, 0.3) is 0 Å². The summed E-state index contributed by atoms with van der Waals surface area (Å²) in [6.45, 7) is 5.80. The van der Waals surface area contributed by atoms with Crippen molar-refractivity contribution in [1.82, 2.24) is 4.37 Å². The van der Waals surface area contributed by atoms with Gasteiger partial charge in [-0.1, -0.05) is 20.8 Å². The van der Waals surface area contributed by atoms with Crippen LogP contribution in [-0.4, -0.2) is 37.8 Å². The van der Waals surface area contributed by atoms with Crippen molar-refractivity contribution < 1.29 is 13.2 Å². The molecular formula is C12H21N3O3S2. The molecule has 114 valence electrons. The summed E-state index contributed by atoms with van der Waals surface area (Å²) in [7, 11) is -1.68. The number of aromatic nitrogens is 1. The zero-order valence-corrected chi connectivity index (χ0v) is 13.8. The monoisotopic (exact) mass is 319 g/mol. The summed E-state index contributed by atoms with van der Waals surface area (Å²) in [5, 5.41) is 3.82. The van der Waals surface area contributed by atoms with E-state index in [1.165, 1.54) is 0 Å². The maximum atomic E-state index is 12.1. The Morgan fingerprint density at radius 2 is 2.20 bits per heavy atom. The second-order valence-corrected chi connectivity index (χ2v) is 8.60. The number of nitrogen functional groups attached to an aromatic ring is 1. The number of sulfone groups is 1. The first kappa shape index (κ1) is 15.5. The van der Waals surface area contributed by atoms with Gasteiger partial charge >= 0.3 is 0 Å². The summed E-state index contributed by atoms with van der Waals surface area (Å²) in [5.41, 5.74) is 5.66. The molecule has 0 aliphatic heterocycles. The van der Waals surface area contributed by atoms with Crippen LogP contribution in [-0.2, 0) is 14.6 Å². The molecule has 1 heterocycles. The van der Waals surface area contributed by atoms with Gasteiger partial charge < -0.3 is 15.8 Å². The first-order chi connectivity index (χ1) is 9.24. The van der Waals surface area contributed by atoms with Gasteiger partial charge in [0.2, 0.25) is 0 Å². The predicted molar refractivity (Wildman–Crippen MR) is 80.9 cm³/mol. The van der Waals surface area contributed by atoms with E-state index in [0.29, 0.717) is 5.00 Å². The molecule has 8 heteroatoms. The van der Waals surface area contributed by atoms with Crippen LogP contribution >= 0.6 is 11.5 Å². The van der Waals surface area contributed by atoms with E-state index in [1.807, 2.05) is 0 Å². The number of nitrogens with two attached hydrogens (primary N) is 1. The lowest BCUT2D eigenvalue weighted by molar-refractivity contribution is -0.0794. The second kappa shape index (κ2) is 5.16. The van der Waals surface area contributed by atoms with Crippen LogP contribution in [0.3, 0.4) is 0 Å². The fourth-order valence-electron chi connectivity index (χ4n) is 2.52. The largest absolute Gasteiger partial charge is 0.382 e. The molecule has 1 aromatic heterocycles. The van der Waals surface area contributed by atoms with Crippen molar-refractivity contribution in [3.8, 4) is 0 Å². The maximum absolute atomic E-state index is 12.1. The first-order valence-corrected chi connectivity index (χ1v) is 8.93. The quantitative estimate of drug-likeness (QED) is 0.858. The lowest BCUT2D eigenvalue weighted by Gasteiger charge is -2.51. The lowest BCUT2D eigenvalue weighted by atomic mass is 9.64. The standard InChI is InChI=1S/C12H21N3O3S2/c1-5-20(16,17)9-10(13)15-19-11(9)14-7-6-8(18-4)12(7,2)3/h7-8,14H,5-6H2,1-4H3,(H2,13,15). The number of anilines is 2. The summed E-state index contributed by atoms with van der Waals surface area (Å²) in [5.74, 6) is 0.0961. The highest BCUT2D eigenvalue weighted by Crippen LogP contribution is 2.45. The number of ether oxygens (including phenoxy) is 1. The second-order valence-electron chi connectivity index (χ2n) is 5.61. The van der Waals surface area contributed by atoms with Crippen LogP contribution in [0.25, 0.3) is 0 Å². The van der Waals surface area contributed by atoms with Gasteiger partial charge in [0.15, 0.2) is 15.7 Å². The van der Waals surface area contributed by atoms with Crippen molar-refractivity contribution in [1.29, 1.82) is 0 Å². The number of hydrogen-bond donors (Lipinski definition) is 2. The zero-order chi connectivity index (χ0) is 15.1. The molecule has 1 aromatic rings. The van der Waals surface area contributed by atoms with E-state index in [4.69, 9.17) is 10.5 Å². The number of nitrogens with zero attached hydrogens (tertiary/aromatic N) is 1. The Labute approximate surface area is 123 Å². The molecule has 1 fully saturated rings. The third kappa shape index (κ3) is 2.40. The summed E-state index contributed by atoms with van der Waals surface area (Å²) in [4.78, 5) is 0.140. The van der Waals surface area contributed by atoms with Crippen LogP contribution in [0.15, 0.2) is 4.90 Å². The van der Waals surface area contributed by atoms with Gasteiger partial charge in [-0.3, -0.25) is 0 Å². The summed E-state index contributed by atoms with van der Waals surface area (Å²) in [6.07, 6.45) is 1.02. The van der Waals surface area contributed by atoms with E-state index < -0.39 is 9.84 Å². The van der Waals surface area contributed by atoms with E-state index in [-0.39, 0.29) is 34.0 Å². The molecule has 0 radical (unpaired) electrons. The molecule has 2 atom stereocenters. The third-order valence-corrected chi connectivity index (χ3v) is 6.85. The number of rotatable bonds is 5. The normalized spacial score (nSPS) is 25.2. The molecule has 1 aliphatic rings. The number of nitrogens with one attached hydrogen (secondary N) is 1. The number of hydrogen-bond acceptors (Lipinski definition) is 7. The Kier molecular flexibility index (Phi) is 4.01. The van der Waals surface area contributed by atoms with Crippen LogP contribution in [0.2, 0.25) is 0 Å². The molecule has 0 aromatic carbocycles. The topological polar surface area (TPSA) is 94.3 Å². The van der Waals surface area contributed by atoms with Crippen molar-refractivity contribution in [2.75, 3.05) is 23.9 Å². The molecule has 0 bridgehead atoms. The molecule has 2 unspecified atom stereocenters. The van der Waals surface area contributed by atoms with E-state index in [9.17, 15) is 8.42 Å². The average molecular weight is 319 g/mol. The number of methoxy groups -OCH3 is 1. The highest BCUT2D eigenvalue weighted by atomic mass is 32.2. The van der Waals surface area contributed by atoms with Crippen molar-refractivity contribution in [2.24, 2.45) is 5.41 Å². The minimum absolute atomic E-state index is 0.0129. The van der Waals surface area contributed by atoms with Gasteiger partial charge in [0.1, 0.15) is 9.90 Å². The highest BCUT2D eigenvalue weighted by molar-refractivity contribution is 7.91. The van der Waals surface area contributed by atoms with Crippen molar-refractivity contribution in [2.45, 2.75) is 44.2 Å². The molecule has 1 aliphatic carbocycles. The van der Waals surface area contributed by atoms with Gasteiger partial charge in [-0.05, 0) is 18.0 Å².